The fourth-order valence-corrected chi connectivity index (χ4v) is 4.08. The number of amides is 1. The molecule has 0 aliphatic carbocycles. The minimum atomic E-state index is -0.143. The summed E-state index contributed by atoms with van der Waals surface area (Å²) in [5.74, 6) is 2.30. The van der Waals surface area contributed by atoms with Gasteiger partial charge in [-0.15, -0.1) is 0 Å². The minimum Gasteiger partial charge on any atom is -0.497 e. The van der Waals surface area contributed by atoms with Crippen molar-refractivity contribution >= 4 is 40.8 Å². The van der Waals surface area contributed by atoms with Crippen molar-refractivity contribution in [1.29, 1.82) is 0 Å². The number of carbonyl (C=O) groups is 1. The maximum Gasteiger partial charge on any atom is 0.289 e. The molecule has 1 amide bonds. The Morgan fingerprint density at radius 2 is 1.70 bits per heavy atom. The first-order chi connectivity index (χ1) is 17.9. The number of nitrogens with zero attached hydrogens (tertiary/aromatic N) is 5. The van der Waals surface area contributed by atoms with E-state index in [1.165, 1.54) is 6.26 Å². The number of aryl methyl sites for hydroxylation is 2. The fourth-order valence-electron chi connectivity index (χ4n) is 3.89. The maximum absolute atomic E-state index is 12.7. The molecular weight excluding hydrogens is 494 g/mol. The van der Waals surface area contributed by atoms with Gasteiger partial charge in [0, 0.05) is 43.6 Å². The molecular formula is C25H29N7O4S. The van der Waals surface area contributed by atoms with Crippen molar-refractivity contribution in [2.24, 2.45) is 4.99 Å². The highest BCUT2D eigenvalue weighted by atomic mass is 32.1. The van der Waals surface area contributed by atoms with Crippen molar-refractivity contribution in [2.45, 2.75) is 13.8 Å². The predicted octanol–water partition coefficient (Wildman–Crippen LogP) is 3.33. The van der Waals surface area contributed by atoms with Crippen LogP contribution in [0.4, 0.5) is 11.6 Å². The third kappa shape index (κ3) is 6.53. The van der Waals surface area contributed by atoms with Gasteiger partial charge < -0.3 is 29.0 Å². The molecule has 4 rings (SSSR count). The molecule has 1 aliphatic rings. The van der Waals surface area contributed by atoms with E-state index >= 15 is 0 Å². The second-order valence-corrected chi connectivity index (χ2v) is 8.67. The van der Waals surface area contributed by atoms with Crippen LogP contribution < -0.4 is 20.1 Å². The Morgan fingerprint density at radius 3 is 2.32 bits per heavy atom. The molecule has 11 nitrogen and oxygen atoms in total. The van der Waals surface area contributed by atoms with Crippen LogP contribution in [-0.2, 0) is 0 Å². The molecule has 194 valence electrons. The summed E-state index contributed by atoms with van der Waals surface area (Å²) in [7, 11) is 3.16. The lowest BCUT2D eigenvalue weighted by atomic mass is 10.2. The zero-order valence-corrected chi connectivity index (χ0v) is 22.0. The molecule has 0 radical (unpaired) electrons. The lowest BCUT2D eigenvalue weighted by molar-refractivity contribution is 0.0660. The number of benzene rings is 1. The number of aliphatic imine (C=N–C) groups is 1. The van der Waals surface area contributed by atoms with E-state index < -0.39 is 0 Å². The summed E-state index contributed by atoms with van der Waals surface area (Å²) in [5, 5.41) is 6.53. The molecule has 1 aromatic carbocycles. The van der Waals surface area contributed by atoms with Gasteiger partial charge in [0.15, 0.2) is 5.76 Å². The molecule has 37 heavy (non-hydrogen) atoms. The van der Waals surface area contributed by atoms with Crippen LogP contribution in [0.3, 0.4) is 0 Å². The van der Waals surface area contributed by atoms with Gasteiger partial charge in [-0.05, 0) is 56.4 Å². The number of hydrogen-bond donors (Lipinski definition) is 2. The average Bonchev–Trinajstić information content (AvgIpc) is 3.42. The highest BCUT2D eigenvalue weighted by Crippen LogP contribution is 2.29. The normalized spacial score (nSPS) is 13.8. The number of aromatic nitrogens is 2. The first kappa shape index (κ1) is 25.9. The van der Waals surface area contributed by atoms with Crippen molar-refractivity contribution in [3.63, 3.8) is 0 Å². The summed E-state index contributed by atoms with van der Waals surface area (Å²) in [6.45, 7) is 5.81. The summed E-state index contributed by atoms with van der Waals surface area (Å²) >= 11 is 5.58. The molecule has 12 heteroatoms. The van der Waals surface area contributed by atoms with Crippen LogP contribution in [0, 0.1) is 13.8 Å². The Morgan fingerprint density at radius 1 is 1.00 bits per heavy atom. The van der Waals surface area contributed by atoms with E-state index in [2.05, 4.69) is 25.6 Å². The van der Waals surface area contributed by atoms with Crippen LogP contribution in [0.5, 0.6) is 11.5 Å². The zero-order valence-electron chi connectivity index (χ0n) is 21.1. The van der Waals surface area contributed by atoms with E-state index in [1.807, 2.05) is 24.8 Å². The summed E-state index contributed by atoms with van der Waals surface area (Å²) in [4.78, 5) is 30.1. The van der Waals surface area contributed by atoms with Gasteiger partial charge in [-0.1, -0.05) is 0 Å². The number of furan rings is 1. The highest BCUT2D eigenvalue weighted by Gasteiger charge is 2.26. The maximum atomic E-state index is 12.7. The Balaban J connectivity index is 1.55. The van der Waals surface area contributed by atoms with E-state index in [0.29, 0.717) is 61.0 Å². The number of hydrogen-bond acceptors (Lipinski definition) is 7. The topological polar surface area (TPSA) is 117 Å². The lowest BCUT2D eigenvalue weighted by Crippen LogP contribution is -2.52. The predicted molar refractivity (Wildman–Crippen MR) is 145 cm³/mol. The number of guanidine groups is 1. The Hall–Kier alpha value is -4.19. The Bertz CT molecular complexity index is 1270. The van der Waals surface area contributed by atoms with Crippen LogP contribution >= 0.6 is 12.2 Å². The van der Waals surface area contributed by atoms with E-state index in [0.717, 1.165) is 11.4 Å². The van der Waals surface area contributed by atoms with Crippen LogP contribution in [-0.4, -0.2) is 77.1 Å². The first-order valence-corrected chi connectivity index (χ1v) is 12.1. The third-order valence-corrected chi connectivity index (χ3v) is 5.85. The van der Waals surface area contributed by atoms with Gasteiger partial charge in [0.05, 0.1) is 26.2 Å². The second-order valence-electron chi connectivity index (χ2n) is 8.29. The number of nitrogens with one attached hydrogen (secondary N) is 2. The van der Waals surface area contributed by atoms with Gasteiger partial charge in [0.2, 0.25) is 17.0 Å². The van der Waals surface area contributed by atoms with Gasteiger partial charge in [0.1, 0.15) is 11.5 Å². The second kappa shape index (κ2) is 11.7. The summed E-state index contributed by atoms with van der Waals surface area (Å²) in [5.41, 5.74) is 2.27. The standard InChI is InChI=1S/C25H29N7O4S/c1-16-14-17(2)27-23(26-16)29-24(30-25(37)28-19-15-18(34-3)7-8-20(19)35-4)32-11-9-31(10-12-32)22(33)21-6-5-13-36-21/h5-8,13-15H,9-12H2,1-4H3,(H2,26,27,28,29,30,37). The quantitative estimate of drug-likeness (QED) is 0.293. The van der Waals surface area contributed by atoms with Crippen LogP contribution in [0.15, 0.2) is 52.1 Å². The molecule has 0 bridgehead atoms. The first-order valence-electron chi connectivity index (χ1n) is 11.6. The van der Waals surface area contributed by atoms with E-state index in [-0.39, 0.29) is 11.0 Å². The zero-order chi connectivity index (χ0) is 26.4. The van der Waals surface area contributed by atoms with Crippen molar-refractivity contribution in [2.75, 3.05) is 51.0 Å². The molecule has 1 aliphatic heterocycles. The third-order valence-electron chi connectivity index (χ3n) is 5.66. The van der Waals surface area contributed by atoms with Gasteiger partial charge in [0.25, 0.3) is 5.91 Å². The van der Waals surface area contributed by atoms with Gasteiger partial charge in [-0.2, -0.15) is 4.99 Å². The summed E-state index contributed by atoms with van der Waals surface area (Å²) in [6.07, 6.45) is 1.49. The molecule has 1 saturated heterocycles. The van der Waals surface area contributed by atoms with Crippen LogP contribution in [0.1, 0.15) is 21.9 Å². The van der Waals surface area contributed by atoms with E-state index in [4.69, 9.17) is 26.1 Å². The molecule has 0 spiro atoms. The number of piperazine rings is 1. The van der Waals surface area contributed by atoms with Gasteiger partial charge in [-0.25, -0.2) is 9.97 Å². The molecule has 3 aromatic rings. The highest BCUT2D eigenvalue weighted by molar-refractivity contribution is 7.80. The molecule has 2 aromatic heterocycles. The number of thiocarbonyl (C=S) groups is 1. The fraction of sp³-hybridized carbons (Fsp3) is 0.320. The molecule has 2 N–H and O–H groups in total. The summed E-state index contributed by atoms with van der Waals surface area (Å²) in [6, 6.07) is 10.6. The van der Waals surface area contributed by atoms with Crippen molar-refractivity contribution in [3.05, 3.63) is 59.8 Å². The number of rotatable bonds is 5. The van der Waals surface area contributed by atoms with Crippen molar-refractivity contribution < 1.29 is 18.7 Å². The van der Waals surface area contributed by atoms with Gasteiger partial charge in [-0.3, -0.25) is 10.1 Å². The SMILES string of the molecule is COc1ccc(OC)c(NC(=S)/N=C(/Nc2nc(C)cc(C)n2)N2CCN(C(=O)c3ccco3)CC2)c1. The number of carbonyl (C=O) groups excluding carboxylic acids is 1. The molecule has 0 saturated carbocycles. The van der Waals surface area contributed by atoms with Crippen LogP contribution in [0.2, 0.25) is 0 Å². The Kier molecular flexibility index (Phi) is 8.18. The molecule has 1 fully saturated rings. The smallest absolute Gasteiger partial charge is 0.289 e. The molecule has 3 heterocycles. The number of ether oxygens (including phenoxy) is 2. The number of anilines is 2. The van der Waals surface area contributed by atoms with E-state index in [9.17, 15) is 4.79 Å². The van der Waals surface area contributed by atoms with E-state index in [1.54, 1.807) is 49.5 Å². The average molecular weight is 524 g/mol. The Labute approximate surface area is 220 Å². The lowest BCUT2D eigenvalue weighted by Gasteiger charge is -2.36. The van der Waals surface area contributed by atoms with Gasteiger partial charge >= 0.3 is 0 Å². The number of methoxy groups -OCH3 is 2. The minimum absolute atomic E-state index is 0.143. The largest absolute Gasteiger partial charge is 0.497 e. The summed E-state index contributed by atoms with van der Waals surface area (Å²) < 4.78 is 16.0. The molecule has 0 atom stereocenters. The van der Waals surface area contributed by atoms with Crippen molar-refractivity contribution in [1.82, 2.24) is 19.8 Å². The van der Waals surface area contributed by atoms with Crippen LogP contribution in [0.25, 0.3) is 0 Å². The monoisotopic (exact) mass is 523 g/mol. The van der Waals surface area contributed by atoms with Crippen molar-refractivity contribution in [3.8, 4) is 11.5 Å². The molecule has 0 unspecified atom stereocenters.